The minimum Gasteiger partial charge on any atom is -0.350 e. The normalized spacial score (nSPS) is 10.8. The smallest absolute Gasteiger partial charge is 0.267 e. The van der Waals surface area contributed by atoms with Crippen LogP contribution >= 0.6 is 11.6 Å². The van der Waals surface area contributed by atoms with Crippen molar-refractivity contribution in [3.63, 3.8) is 0 Å². The Morgan fingerprint density at radius 2 is 2.14 bits per heavy atom. The lowest BCUT2D eigenvalue weighted by molar-refractivity contribution is 0.0946. The van der Waals surface area contributed by atoms with Crippen LogP contribution in [0.15, 0.2) is 48.7 Å². The van der Waals surface area contributed by atoms with E-state index in [2.05, 4.69) is 10.3 Å². The molecule has 1 amide bonds. The minimum atomic E-state index is -0.0919. The van der Waals surface area contributed by atoms with Gasteiger partial charge in [0.1, 0.15) is 5.69 Å². The summed E-state index contributed by atoms with van der Waals surface area (Å²) < 4.78 is 1.86. The molecule has 0 atom stereocenters. The van der Waals surface area contributed by atoms with Crippen LogP contribution in [0.2, 0.25) is 5.02 Å². The first kappa shape index (κ1) is 14.6. The summed E-state index contributed by atoms with van der Waals surface area (Å²) in [5.74, 6) is -0.0919. The largest absolute Gasteiger partial charge is 0.350 e. The summed E-state index contributed by atoms with van der Waals surface area (Å²) in [6.45, 7) is 0.554. The molecule has 4 nitrogen and oxygen atoms in total. The zero-order valence-electron chi connectivity index (χ0n) is 12.2. The Labute approximate surface area is 133 Å². The van der Waals surface area contributed by atoms with Crippen LogP contribution < -0.4 is 5.32 Å². The summed E-state index contributed by atoms with van der Waals surface area (Å²) in [5, 5.41) is 4.60. The maximum Gasteiger partial charge on any atom is 0.267 e. The van der Waals surface area contributed by atoms with Crippen molar-refractivity contribution in [1.82, 2.24) is 14.9 Å². The number of hydrogen-bond acceptors (Lipinski definition) is 2. The number of hydrogen-bond donors (Lipinski definition) is 1. The van der Waals surface area contributed by atoms with Gasteiger partial charge in [0, 0.05) is 47.8 Å². The highest BCUT2D eigenvalue weighted by Crippen LogP contribution is 2.22. The molecule has 1 aromatic carbocycles. The van der Waals surface area contributed by atoms with Crippen molar-refractivity contribution in [2.24, 2.45) is 7.05 Å². The molecule has 0 bridgehead atoms. The summed E-state index contributed by atoms with van der Waals surface area (Å²) in [7, 11) is 1.87. The van der Waals surface area contributed by atoms with Gasteiger partial charge in [0.05, 0.1) is 0 Å². The fourth-order valence-corrected chi connectivity index (χ4v) is 2.63. The van der Waals surface area contributed by atoms with E-state index >= 15 is 0 Å². The number of amides is 1. The van der Waals surface area contributed by atoms with Crippen molar-refractivity contribution in [3.8, 4) is 0 Å². The highest BCUT2D eigenvalue weighted by atomic mass is 35.5. The second-order valence-electron chi connectivity index (χ2n) is 5.12. The number of rotatable bonds is 4. The maximum atomic E-state index is 12.3. The molecule has 3 aromatic rings. The first-order valence-electron chi connectivity index (χ1n) is 7.08. The first-order valence-corrected chi connectivity index (χ1v) is 7.46. The third kappa shape index (κ3) is 2.97. The van der Waals surface area contributed by atoms with E-state index in [1.54, 1.807) is 6.20 Å². The number of nitrogens with one attached hydrogen (secondary N) is 1. The van der Waals surface area contributed by atoms with Crippen LogP contribution in [0.3, 0.4) is 0 Å². The number of carbonyl (C=O) groups excluding carboxylic acids is 1. The third-order valence-electron chi connectivity index (χ3n) is 3.63. The van der Waals surface area contributed by atoms with Crippen molar-refractivity contribution < 1.29 is 4.79 Å². The van der Waals surface area contributed by atoms with Crippen LogP contribution in [-0.4, -0.2) is 22.0 Å². The highest BCUT2D eigenvalue weighted by molar-refractivity contribution is 6.31. The van der Waals surface area contributed by atoms with Crippen LogP contribution in [0.4, 0.5) is 0 Å². The summed E-state index contributed by atoms with van der Waals surface area (Å²) in [6.07, 6.45) is 2.47. The van der Waals surface area contributed by atoms with E-state index in [-0.39, 0.29) is 5.91 Å². The average molecular weight is 314 g/mol. The second kappa shape index (κ2) is 6.20. The summed E-state index contributed by atoms with van der Waals surface area (Å²) in [6, 6.07) is 13.3. The number of nitrogens with zero attached hydrogens (tertiary/aromatic N) is 2. The summed E-state index contributed by atoms with van der Waals surface area (Å²) >= 11 is 6.01. The van der Waals surface area contributed by atoms with Gasteiger partial charge in [-0.2, -0.15) is 0 Å². The van der Waals surface area contributed by atoms with Crippen LogP contribution in [0, 0.1) is 0 Å². The van der Waals surface area contributed by atoms with Crippen molar-refractivity contribution >= 4 is 28.4 Å². The van der Waals surface area contributed by atoms with E-state index in [0.717, 1.165) is 16.6 Å². The fourth-order valence-electron chi connectivity index (χ4n) is 2.46. The van der Waals surface area contributed by atoms with Crippen molar-refractivity contribution in [2.45, 2.75) is 6.42 Å². The molecule has 0 aliphatic carbocycles. The van der Waals surface area contributed by atoms with Crippen LogP contribution in [-0.2, 0) is 13.5 Å². The standard InChI is InChI=1S/C17H16ClN3O/c1-21-15-11-13(18)6-5-12(15)10-16(21)17(22)20-9-7-14-4-2-3-8-19-14/h2-6,8,10-11H,7,9H2,1H3,(H,20,22). The summed E-state index contributed by atoms with van der Waals surface area (Å²) in [5.41, 5.74) is 2.53. The number of carbonyl (C=O) groups is 1. The molecule has 0 radical (unpaired) electrons. The van der Waals surface area contributed by atoms with Crippen LogP contribution in [0.5, 0.6) is 0 Å². The van der Waals surface area contributed by atoms with E-state index < -0.39 is 0 Å². The van der Waals surface area contributed by atoms with Crippen molar-refractivity contribution in [2.75, 3.05) is 6.54 Å². The average Bonchev–Trinajstić information content (AvgIpc) is 2.85. The van der Waals surface area contributed by atoms with Gasteiger partial charge in [-0.15, -0.1) is 0 Å². The van der Waals surface area contributed by atoms with Gasteiger partial charge >= 0.3 is 0 Å². The first-order chi connectivity index (χ1) is 10.6. The second-order valence-corrected chi connectivity index (χ2v) is 5.56. The Balaban J connectivity index is 1.71. The lowest BCUT2D eigenvalue weighted by Crippen LogP contribution is -2.27. The molecular formula is C17H16ClN3O. The Bertz CT molecular complexity index is 811. The fraction of sp³-hybridized carbons (Fsp3) is 0.176. The Morgan fingerprint density at radius 3 is 2.91 bits per heavy atom. The molecule has 1 N–H and O–H groups in total. The summed E-state index contributed by atoms with van der Waals surface area (Å²) in [4.78, 5) is 16.6. The predicted octanol–water partition coefficient (Wildman–Crippen LogP) is 3.20. The lowest BCUT2D eigenvalue weighted by atomic mass is 10.2. The molecule has 0 unspecified atom stereocenters. The molecule has 0 fully saturated rings. The molecule has 112 valence electrons. The van der Waals surface area contributed by atoms with E-state index in [9.17, 15) is 4.79 Å². The minimum absolute atomic E-state index is 0.0919. The van der Waals surface area contributed by atoms with Gasteiger partial charge in [-0.3, -0.25) is 9.78 Å². The van der Waals surface area contributed by atoms with Gasteiger partial charge < -0.3 is 9.88 Å². The van der Waals surface area contributed by atoms with Crippen molar-refractivity contribution in [3.05, 3.63) is 65.1 Å². The van der Waals surface area contributed by atoms with Gasteiger partial charge in [0.15, 0.2) is 0 Å². The molecule has 22 heavy (non-hydrogen) atoms. The molecule has 2 heterocycles. The van der Waals surface area contributed by atoms with Gasteiger partial charge in [0.25, 0.3) is 5.91 Å². The number of aromatic nitrogens is 2. The molecular weight excluding hydrogens is 298 g/mol. The number of fused-ring (bicyclic) bond motifs is 1. The molecule has 2 aromatic heterocycles. The van der Waals surface area contributed by atoms with Gasteiger partial charge in [-0.1, -0.05) is 23.7 Å². The predicted molar refractivity (Wildman–Crippen MR) is 88.2 cm³/mol. The van der Waals surface area contributed by atoms with Gasteiger partial charge in [-0.05, 0) is 30.3 Å². The van der Waals surface area contributed by atoms with Gasteiger partial charge in [-0.25, -0.2) is 0 Å². The van der Waals surface area contributed by atoms with Crippen LogP contribution in [0.25, 0.3) is 10.9 Å². The molecule has 0 saturated carbocycles. The Hall–Kier alpha value is -2.33. The molecule has 0 aliphatic rings. The molecule has 0 saturated heterocycles. The monoisotopic (exact) mass is 313 g/mol. The number of pyridine rings is 1. The van der Waals surface area contributed by atoms with Crippen molar-refractivity contribution in [1.29, 1.82) is 0 Å². The Kier molecular flexibility index (Phi) is 4.11. The zero-order chi connectivity index (χ0) is 15.5. The lowest BCUT2D eigenvalue weighted by Gasteiger charge is -2.06. The number of aryl methyl sites for hydroxylation is 1. The maximum absolute atomic E-state index is 12.3. The molecule has 0 spiro atoms. The molecule has 0 aliphatic heterocycles. The number of halogens is 1. The van der Waals surface area contributed by atoms with E-state index in [0.29, 0.717) is 23.7 Å². The van der Waals surface area contributed by atoms with E-state index in [1.165, 1.54) is 0 Å². The highest BCUT2D eigenvalue weighted by Gasteiger charge is 2.13. The molecule has 3 rings (SSSR count). The number of benzene rings is 1. The van der Waals surface area contributed by atoms with E-state index in [4.69, 9.17) is 11.6 Å². The Morgan fingerprint density at radius 1 is 1.27 bits per heavy atom. The third-order valence-corrected chi connectivity index (χ3v) is 3.87. The SMILES string of the molecule is Cn1c(C(=O)NCCc2ccccn2)cc2ccc(Cl)cc21. The molecule has 5 heteroatoms. The zero-order valence-corrected chi connectivity index (χ0v) is 13.0. The topological polar surface area (TPSA) is 46.9 Å². The van der Waals surface area contributed by atoms with E-state index in [1.807, 2.05) is 54.1 Å². The van der Waals surface area contributed by atoms with Crippen LogP contribution in [0.1, 0.15) is 16.2 Å². The van der Waals surface area contributed by atoms with Gasteiger partial charge in [0.2, 0.25) is 0 Å². The quantitative estimate of drug-likeness (QED) is 0.804.